The van der Waals surface area contributed by atoms with Crippen molar-refractivity contribution in [2.45, 2.75) is 34.2 Å². The standard InChI is InChI=1S/C17H28N4O2/c1-6-18-17(19-10-12(2)3)20-11-14-7-8-16(23-5)15(9-14)21-13(4)22/h7-9,12H,6,10-11H2,1-5H3,(H,21,22)(H2,18,19,20). The van der Waals surface area contributed by atoms with Crippen molar-refractivity contribution in [1.29, 1.82) is 0 Å². The smallest absolute Gasteiger partial charge is 0.221 e. The quantitative estimate of drug-likeness (QED) is 0.532. The largest absolute Gasteiger partial charge is 0.495 e. The van der Waals surface area contributed by atoms with Crippen LogP contribution in [0.25, 0.3) is 0 Å². The summed E-state index contributed by atoms with van der Waals surface area (Å²) in [6.45, 7) is 10.0. The van der Waals surface area contributed by atoms with E-state index >= 15 is 0 Å². The van der Waals surface area contributed by atoms with Crippen LogP contribution < -0.4 is 20.7 Å². The minimum atomic E-state index is -0.129. The van der Waals surface area contributed by atoms with Crippen LogP contribution in [0, 0.1) is 5.92 Å². The molecule has 23 heavy (non-hydrogen) atoms. The molecule has 1 rings (SSSR count). The molecule has 1 aromatic rings. The number of aliphatic imine (C=N–C) groups is 1. The molecule has 0 heterocycles. The number of hydrogen-bond donors (Lipinski definition) is 3. The number of nitrogens with zero attached hydrogens (tertiary/aromatic N) is 1. The monoisotopic (exact) mass is 320 g/mol. The normalized spacial score (nSPS) is 11.3. The summed E-state index contributed by atoms with van der Waals surface area (Å²) in [6, 6.07) is 5.67. The number of guanidine groups is 1. The maximum Gasteiger partial charge on any atom is 0.221 e. The second-order valence-electron chi connectivity index (χ2n) is 5.69. The third-order valence-corrected chi connectivity index (χ3v) is 3.02. The predicted octanol–water partition coefficient (Wildman–Crippen LogP) is 2.36. The van der Waals surface area contributed by atoms with Crippen LogP contribution in [0.4, 0.5) is 5.69 Å². The maximum absolute atomic E-state index is 11.3. The lowest BCUT2D eigenvalue weighted by Crippen LogP contribution is -2.39. The molecule has 128 valence electrons. The van der Waals surface area contributed by atoms with Crippen molar-refractivity contribution >= 4 is 17.6 Å². The Morgan fingerprint density at radius 3 is 2.61 bits per heavy atom. The molecule has 6 nitrogen and oxygen atoms in total. The molecule has 0 bridgehead atoms. The first-order chi connectivity index (χ1) is 11.0. The average molecular weight is 320 g/mol. The van der Waals surface area contributed by atoms with Crippen molar-refractivity contribution in [3.05, 3.63) is 23.8 Å². The summed E-state index contributed by atoms with van der Waals surface area (Å²) in [5.41, 5.74) is 1.66. The molecule has 0 radical (unpaired) electrons. The van der Waals surface area contributed by atoms with Gasteiger partial charge in [-0.15, -0.1) is 0 Å². The van der Waals surface area contributed by atoms with Gasteiger partial charge in [0, 0.05) is 20.0 Å². The lowest BCUT2D eigenvalue weighted by molar-refractivity contribution is -0.114. The van der Waals surface area contributed by atoms with Gasteiger partial charge in [-0.1, -0.05) is 19.9 Å². The van der Waals surface area contributed by atoms with Gasteiger partial charge in [-0.2, -0.15) is 0 Å². The van der Waals surface area contributed by atoms with Crippen molar-refractivity contribution < 1.29 is 9.53 Å². The molecule has 0 aliphatic carbocycles. The molecule has 0 aliphatic rings. The molecule has 0 aliphatic heterocycles. The van der Waals surface area contributed by atoms with Gasteiger partial charge < -0.3 is 20.7 Å². The number of hydrogen-bond acceptors (Lipinski definition) is 3. The van der Waals surface area contributed by atoms with Crippen molar-refractivity contribution in [1.82, 2.24) is 10.6 Å². The van der Waals surface area contributed by atoms with Crippen molar-refractivity contribution in [3.63, 3.8) is 0 Å². The fourth-order valence-electron chi connectivity index (χ4n) is 1.95. The molecule has 0 unspecified atom stereocenters. The van der Waals surface area contributed by atoms with E-state index in [1.165, 1.54) is 6.92 Å². The van der Waals surface area contributed by atoms with Crippen LogP contribution in [-0.2, 0) is 11.3 Å². The number of benzene rings is 1. The molecule has 3 N–H and O–H groups in total. The van der Waals surface area contributed by atoms with Crippen LogP contribution in [0.2, 0.25) is 0 Å². The second kappa shape index (κ2) is 9.71. The zero-order valence-electron chi connectivity index (χ0n) is 14.7. The first-order valence-corrected chi connectivity index (χ1v) is 7.93. The summed E-state index contributed by atoms with van der Waals surface area (Å²) >= 11 is 0. The van der Waals surface area contributed by atoms with Gasteiger partial charge in [0.15, 0.2) is 5.96 Å². The number of carbonyl (C=O) groups excluding carboxylic acids is 1. The van der Waals surface area contributed by atoms with E-state index < -0.39 is 0 Å². The molecule has 1 aromatic carbocycles. The lowest BCUT2D eigenvalue weighted by atomic mass is 10.2. The summed E-state index contributed by atoms with van der Waals surface area (Å²) in [5.74, 6) is 1.85. The van der Waals surface area contributed by atoms with E-state index in [9.17, 15) is 4.79 Å². The molecular weight excluding hydrogens is 292 g/mol. The number of carbonyl (C=O) groups is 1. The van der Waals surface area contributed by atoms with E-state index in [-0.39, 0.29) is 5.91 Å². The highest BCUT2D eigenvalue weighted by Crippen LogP contribution is 2.25. The molecule has 0 saturated carbocycles. The molecule has 1 amide bonds. The van der Waals surface area contributed by atoms with Gasteiger partial charge in [0.1, 0.15) is 5.75 Å². The second-order valence-corrected chi connectivity index (χ2v) is 5.69. The number of amides is 1. The number of ether oxygens (including phenoxy) is 1. The molecule has 0 fully saturated rings. The zero-order chi connectivity index (χ0) is 17.2. The van der Waals surface area contributed by atoms with Crippen LogP contribution in [0.3, 0.4) is 0 Å². The number of methoxy groups -OCH3 is 1. The summed E-state index contributed by atoms with van der Waals surface area (Å²) < 4.78 is 5.26. The molecular formula is C17H28N4O2. The van der Waals surface area contributed by atoms with Gasteiger partial charge in [-0.25, -0.2) is 4.99 Å². The third kappa shape index (κ3) is 7.04. The van der Waals surface area contributed by atoms with E-state index in [4.69, 9.17) is 4.74 Å². The Hall–Kier alpha value is -2.24. The van der Waals surface area contributed by atoms with E-state index in [2.05, 4.69) is 34.8 Å². The zero-order valence-corrected chi connectivity index (χ0v) is 14.7. The Bertz CT molecular complexity index is 541. The Morgan fingerprint density at radius 2 is 2.04 bits per heavy atom. The van der Waals surface area contributed by atoms with Gasteiger partial charge in [-0.3, -0.25) is 4.79 Å². The summed E-state index contributed by atoms with van der Waals surface area (Å²) in [7, 11) is 1.58. The van der Waals surface area contributed by atoms with E-state index in [0.717, 1.165) is 24.6 Å². The highest BCUT2D eigenvalue weighted by molar-refractivity contribution is 5.90. The highest BCUT2D eigenvalue weighted by Gasteiger charge is 2.06. The highest BCUT2D eigenvalue weighted by atomic mass is 16.5. The van der Waals surface area contributed by atoms with Crippen LogP contribution in [0.1, 0.15) is 33.3 Å². The van der Waals surface area contributed by atoms with Crippen molar-refractivity contribution in [2.75, 3.05) is 25.5 Å². The average Bonchev–Trinajstić information content (AvgIpc) is 2.49. The Labute approximate surface area is 138 Å². The predicted molar refractivity (Wildman–Crippen MR) is 95.0 cm³/mol. The van der Waals surface area contributed by atoms with Gasteiger partial charge in [0.25, 0.3) is 0 Å². The van der Waals surface area contributed by atoms with Gasteiger partial charge in [-0.05, 0) is 30.5 Å². The molecule has 0 aromatic heterocycles. The first kappa shape index (κ1) is 18.8. The van der Waals surface area contributed by atoms with E-state index in [1.807, 2.05) is 25.1 Å². The summed E-state index contributed by atoms with van der Waals surface area (Å²) in [6.07, 6.45) is 0. The Kier molecular flexibility index (Phi) is 7.94. The van der Waals surface area contributed by atoms with Crippen LogP contribution >= 0.6 is 0 Å². The van der Waals surface area contributed by atoms with E-state index in [0.29, 0.717) is 23.9 Å². The number of anilines is 1. The maximum atomic E-state index is 11.3. The number of nitrogens with one attached hydrogen (secondary N) is 3. The fourth-order valence-corrected chi connectivity index (χ4v) is 1.95. The third-order valence-electron chi connectivity index (χ3n) is 3.02. The fraction of sp³-hybridized carbons (Fsp3) is 0.529. The van der Waals surface area contributed by atoms with E-state index in [1.54, 1.807) is 7.11 Å². The summed E-state index contributed by atoms with van der Waals surface area (Å²) in [5, 5.41) is 9.30. The van der Waals surface area contributed by atoms with Crippen LogP contribution in [0.5, 0.6) is 5.75 Å². The molecule has 0 spiro atoms. The number of rotatable bonds is 7. The topological polar surface area (TPSA) is 74.8 Å². The SMILES string of the molecule is CCNC(=NCc1ccc(OC)c(NC(C)=O)c1)NCC(C)C. The van der Waals surface area contributed by atoms with Crippen molar-refractivity contribution in [2.24, 2.45) is 10.9 Å². The van der Waals surface area contributed by atoms with Gasteiger partial charge >= 0.3 is 0 Å². The first-order valence-electron chi connectivity index (χ1n) is 7.93. The van der Waals surface area contributed by atoms with Gasteiger partial charge in [0.05, 0.1) is 19.3 Å². The molecule has 0 atom stereocenters. The van der Waals surface area contributed by atoms with Gasteiger partial charge in [0.2, 0.25) is 5.91 Å². The Morgan fingerprint density at radius 1 is 1.30 bits per heavy atom. The lowest BCUT2D eigenvalue weighted by Gasteiger charge is -2.13. The summed E-state index contributed by atoms with van der Waals surface area (Å²) in [4.78, 5) is 15.9. The Balaban J connectivity index is 2.84. The minimum Gasteiger partial charge on any atom is -0.495 e. The minimum absolute atomic E-state index is 0.129. The molecule has 6 heteroatoms. The van der Waals surface area contributed by atoms with Crippen LogP contribution in [0.15, 0.2) is 23.2 Å². The van der Waals surface area contributed by atoms with Crippen molar-refractivity contribution in [3.8, 4) is 5.75 Å². The van der Waals surface area contributed by atoms with Crippen LogP contribution in [-0.4, -0.2) is 32.1 Å². The molecule has 0 saturated heterocycles.